The Hall–Kier alpha value is -1.05. The Morgan fingerprint density at radius 1 is 1.60 bits per heavy atom. The molecule has 0 aliphatic rings. The molecule has 0 bridgehead atoms. The molecule has 5 nitrogen and oxygen atoms in total. The predicted molar refractivity (Wildman–Crippen MR) is 51.1 cm³/mol. The summed E-state index contributed by atoms with van der Waals surface area (Å²) >= 11 is 0. The van der Waals surface area contributed by atoms with Gasteiger partial charge in [0.2, 0.25) is 10.0 Å². The van der Waals surface area contributed by atoms with E-state index in [0.29, 0.717) is 0 Å². The van der Waals surface area contributed by atoms with Gasteiger partial charge in [-0.25, -0.2) is 17.5 Å². The second-order valence-electron chi connectivity index (χ2n) is 3.04. The first-order valence-electron chi connectivity index (χ1n) is 4.20. The lowest BCUT2D eigenvalue weighted by Crippen LogP contribution is -2.30. The highest BCUT2D eigenvalue weighted by molar-refractivity contribution is 7.89. The number of nitrogens with one attached hydrogen (secondary N) is 1. The van der Waals surface area contributed by atoms with Crippen LogP contribution in [0, 0.1) is 5.82 Å². The van der Waals surface area contributed by atoms with Crippen LogP contribution in [-0.4, -0.2) is 31.2 Å². The average Bonchev–Trinajstić information content (AvgIpc) is 2.15. The lowest BCUT2D eigenvalue weighted by Gasteiger charge is -2.07. The van der Waals surface area contributed by atoms with E-state index >= 15 is 0 Å². The Morgan fingerprint density at radius 2 is 2.27 bits per heavy atom. The lowest BCUT2D eigenvalue weighted by atomic mass is 10.4. The highest BCUT2D eigenvalue weighted by Gasteiger charge is 2.15. The van der Waals surface area contributed by atoms with Crippen molar-refractivity contribution >= 4 is 10.0 Å². The van der Waals surface area contributed by atoms with Crippen molar-refractivity contribution in [2.75, 3.05) is 6.54 Å². The summed E-state index contributed by atoms with van der Waals surface area (Å²) in [5, 5.41) is 8.90. The Balaban J connectivity index is 2.87. The van der Waals surface area contributed by atoms with Crippen LogP contribution in [0.3, 0.4) is 0 Å². The zero-order valence-electron chi connectivity index (χ0n) is 8.01. The molecule has 1 aromatic heterocycles. The standard InChI is InChI=1S/C8H11FN2O3S/c1-6(12)3-11-15(13,14)8-2-7(9)4-10-5-8/h2,4-6,11-12H,3H2,1H3. The van der Waals surface area contributed by atoms with E-state index in [4.69, 9.17) is 5.11 Å². The summed E-state index contributed by atoms with van der Waals surface area (Å²) in [7, 11) is -3.79. The van der Waals surface area contributed by atoms with E-state index in [0.717, 1.165) is 18.5 Å². The zero-order valence-corrected chi connectivity index (χ0v) is 8.83. The first-order valence-corrected chi connectivity index (χ1v) is 5.68. The molecular weight excluding hydrogens is 223 g/mol. The molecule has 0 saturated carbocycles. The molecule has 1 unspecified atom stereocenters. The third-order valence-corrected chi connectivity index (χ3v) is 2.95. The van der Waals surface area contributed by atoms with Crippen LogP contribution >= 0.6 is 0 Å². The Bertz CT molecular complexity index is 433. The maximum absolute atomic E-state index is 12.7. The van der Waals surface area contributed by atoms with Crippen molar-refractivity contribution in [3.05, 3.63) is 24.3 Å². The Kier molecular flexibility index (Phi) is 3.72. The minimum Gasteiger partial charge on any atom is -0.392 e. The second kappa shape index (κ2) is 4.65. The zero-order chi connectivity index (χ0) is 11.5. The van der Waals surface area contributed by atoms with Crippen LogP contribution < -0.4 is 4.72 Å². The third kappa shape index (κ3) is 3.54. The number of halogens is 1. The summed E-state index contributed by atoms with van der Waals surface area (Å²) in [6, 6.07) is 0.859. The van der Waals surface area contributed by atoms with Gasteiger partial charge in [-0.05, 0) is 13.0 Å². The quantitative estimate of drug-likeness (QED) is 0.761. The van der Waals surface area contributed by atoms with Gasteiger partial charge in [0.1, 0.15) is 10.7 Å². The van der Waals surface area contributed by atoms with Gasteiger partial charge in [-0.1, -0.05) is 0 Å². The fourth-order valence-electron chi connectivity index (χ4n) is 0.853. The monoisotopic (exact) mass is 234 g/mol. The number of rotatable bonds is 4. The van der Waals surface area contributed by atoms with E-state index in [2.05, 4.69) is 9.71 Å². The van der Waals surface area contributed by atoms with Crippen molar-refractivity contribution in [2.45, 2.75) is 17.9 Å². The molecule has 1 heterocycles. The highest BCUT2D eigenvalue weighted by atomic mass is 32.2. The summed E-state index contributed by atoms with van der Waals surface area (Å²) in [6.45, 7) is 1.31. The third-order valence-electron chi connectivity index (χ3n) is 1.56. The minimum atomic E-state index is -3.79. The van der Waals surface area contributed by atoms with Crippen LogP contribution in [0.5, 0.6) is 0 Å². The average molecular weight is 234 g/mol. The second-order valence-corrected chi connectivity index (χ2v) is 4.81. The SMILES string of the molecule is CC(O)CNS(=O)(=O)c1cncc(F)c1. The minimum absolute atomic E-state index is 0.126. The van der Waals surface area contributed by atoms with E-state index in [-0.39, 0.29) is 11.4 Å². The Labute approximate surface area is 87.0 Å². The summed E-state index contributed by atoms with van der Waals surface area (Å²) in [5.74, 6) is -0.727. The van der Waals surface area contributed by atoms with E-state index in [1.165, 1.54) is 6.92 Å². The molecule has 1 aromatic rings. The molecule has 1 rings (SSSR count). The number of aliphatic hydroxyl groups excluding tert-OH is 1. The predicted octanol–water partition coefficient (Wildman–Crippen LogP) is -0.120. The van der Waals surface area contributed by atoms with Crippen LogP contribution in [0.2, 0.25) is 0 Å². The maximum atomic E-state index is 12.7. The first-order chi connectivity index (χ1) is 6.92. The summed E-state index contributed by atoms with van der Waals surface area (Å²) in [5.41, 5.74) is 0. The van der Waals surface area contributed by atoms with Crippen molar-refractivity contribution in [2.24, 2.45) is 0 Å². The van der Waals surface area contributed by atoms with Gasteiger partial charge in [0.05, 0.1) is 12.3 Å². The van der Waals surface area contributed by atoms with Crippen LogP contribution in [0.25, 0.3) is 0 Å². The topological polar surface area (TPSA) is 79.3 Å². The van der Waals surface area contributed by atoms with Gasteiger partial charge in [-0.2, -0.15) is 0 Å². The van der Waals surface area contributed by atoms with Crippen molar-refractivity contribution in [1.29, 1.82) is 0 Å². The number of aromatic nitrogens is 1. The van der Waals surface area contributed by atoms with Gasteiger partial charge in [0.25, 0.3) is 0 Å². The smallest absolute Gasteiger partial charge is 0.242 e. The van der Waals surface area contributed by atoms with Crippen LogP contribution in [0.15, 0.2) is 23.4 Å². The lowest BCUT2D eigenvalue weighted by molar-refractivity contribution is 0.198. The molecule has 2 N–H and O–H groups in total. The maximum Gasteiger partial charge on any atom is 0.242 e. The number of aliphatic hydroxyl groups is 1. The molecule has 0 aromatic carbocycles. The summed E-state index contributed by atoms with van der Waals surface area (Å²) < 4.78 is 37.7. The van der Waals surface area contributed by atoms with Crippen LogP contribution in [0.4, 0.5) is 4.39 Å². The Morgan fingerprint density at radius 3 is 2.80 bits per heavy atom. The molecule has 15 heavy (non-hydrogen) atoms. The number of hydrogen-bond acceptors (Lipinski definition) is 4. The van der Waals surface area contributed by atoms with Crippen molar-refractivity contribution < 1.29 is 17.9 Å². The highest BCUT2D eigenvalue weighted by Crippen LogP contribution is 2.07. The van der Waals surface area contributed by atoms with Crippen LogP contribution in [-0.2, 0) is 10.0 Å². The fraction of sp³-hybridized carbons (Fsp3) is 0.375. The van der Waals surface area contributed by atoms with Gasteiger partial charge in [0, 0.05) is 12.7 Å². The van der Waals surface area contributed by atoms with E-state index in [1.54, 1.807) is 0 Å². The summed E-state index contributed by atoms with van der Waals surface area (Å²) in [4.78, 5) is 3.16. The largest absolute Gasteiger partial charge is 0.392 e. The van der Waals surface area contributed by atoms with Gasteiger partial charge >= 0.3 is 0 Å². The normalized spacial score (nSPS) is 13.8. The number of pyridine rings is 1. The molecule has 0 aliphatic heterocycles. The van der Waals surface area contributed by atoms with Crippen molar-refractivity contribution in [3.63, 3.8) is 0 Å². The molecule has 0 spiro atoms. The van der Waals surface area contributed by atoms with Gasteiger partial charge in [-0.3, -0.25) is 4.98 Å². The molecule has 0 saturated heterocycles. The first kappa shape index (κ1) is 12.0. The molecule has 7 heteroatoms. The number of nitrogens with zero attached hydrogens (tertiary/aromatic N) is 1. The number of hydrogen-bond donors (Lipinski definition) is 2. The van der Waals surface area contributed by atoms with Gasteiger partial charge in [-0.15, -0.1) is 0 Å². The fourth-order valence-corrected chi connectivity index (χ4v) is 1.95. The molecule has 84 valence electrons. The molecule has 0 aliphatic carbocycles. The molecule has 0 fully saturated rings. The summed E-state index contributed by atoms with van der Waals surface area (Å²) in [6.07, 6.45) is 1.14. The molecule has 0 amide bonds. The van der Waals surface area contributed by atoms with Crippen molar-refractivity contribution in [3.8, 4) is 0 Å². The van der Waals surface area contributed by atoms with E-state index in [9.17, 15) is 12.8 Å². The van der Waals surface area contributed by atoms with E-state index < -0.39 is 21.9 Å². The van der Waals surface area contributed by atoms with E-state index in [1.807, 2.05) is 0 Å². The molecular formula is C8H11FN2O3S. The van der Waals surface area contributed by atoms with Crippen molar-refractivity contribution in [1.82, 2.24) is 9.71 Å². The van der Waals surface area contributed by atoms with Gasteiger partial charge < -0.3 is 5.11 Å². The number of sulfonamides is 1. The van der Waals surface area contributed by atoms with Crippen LogP contribution in [0.1, 0.15) is 6.92 Å². The molecule has 1 atom stereocenters. The molecule has 0 radical (unpaired) electrons. The van der Waals surface area contributed by atoms with Gasteiger partial charge in [0.15, 0.2) is 0 Å².